The van der Waals surface area contributed by atoms with Gasteiger partial charge in [0.05, 0.1) is 18.6 Å². The largest absolute Gasteiger partial charge is 0.573 e. The highest BCUT2D eigenvalue weighted by Crippen LogP contribution is 2.25. The topological polar surface area (TPSA) is 64.4 Å². The van der Waals surface area contributed by atoms with Gasteiger partial charge in [0, 0.05) is 38.1 Å². The number of hydrogen-bond donors (Lipinski definition) is 1. The van der Waals surface area contributed by atoms with Gasteiger partial charge in [-0.1, -0.05) is 6.08 Å². The van der Waals surface area contributed by atoms with Gasteiger partial charge in [0.15, 0.2) is 0 Å². The lowest BCUT2D eigenvalue weighted by atomic mass is 10.3. The van der Waals surface area contributed by atoms with Crippen molar-refractivity contribution in [3.05, 3.63) is 54.4 Å². The quantitative estimate of drug-likeness (QED) is 0.771. The standard InChI is InChI=1S/C20H22F3N5O2/c21-20(22,23)30-16-3-1-2-15(4-5-16)26-18-17-6-7-28(19(17)25-14-24-18)9-8-27-10-12-29-13-11-27/h2-7,14H,1,8-13H2,(H,24,25,26). The second-order valence-electron chi connectivity index (χ2n) is 6.93. The molecule has 0 amide bonds. The second-order valence-corrected chi connectivity index (χ2v) is 6.93. The molecular weight excluding hydrogens is 399 g/mol. The summed E-state index contributed by atoms with van der Waals surface area (Å²) in [6.07, 6.45) is 5.00. The molecule has 2 aliphatic rings. The maximum atomic E-state index is 12.4. The fourth-order valence-electron chi connectivity index (χ4n) is 3.41. The van der Waals surface area contributed by atoms with E-state index in [9.17, 15) is 13.2 Å². The first-order valence-electron chi connectivity index (χ1n) is 9.69. The molecule has 0 bridgehead atoms. The Morgan fingerprint density at radius 1 is 1.10 bits per heavy atom. The van der Waals surface area contributed by atoms with Crippen molar-refractivity contribution in [2.75, 3.05) is 38.2 Å². The maximum absolute atomic E-state index is 12.4. The Hall–Kier alpha value is -2.85. The summed E-state index contributed by atoms with van der Waals surface area (Å²) in [7, 11) is 0. The highest BCUT2D eigenvalue weighted by atomic mass is 19.4. The summed E-state index contributed by atoms with van der Waals surface area (Å²) in [4.78, 5) is 11.1. The first-order chi connectivity index (χ1) is 14.5. The summed E-state index contributed by atoms with van der Waals surface area (Å²) >= 11 is 0. The predicted octanol–water partition coefficient (Wildman–Crippen LogP) is 3.44. The molecule has 2 aromatic heterocycles. The van der Waals surface area contributed by atoms with Crippen molar-refractivity contribution in [1.82, 2.24) is 19.4 Å². The van der Waals surface area contributed by atoms with Crippen molar-refractivity contribution < 1.29 is 22.6 Å². The van der Waals surface area contributed by atoms with Gasteiger partial charge >= 0.3 is 6.36 Å². The zero-order valence-corrected chi connectivity index (χ0v) is 16.2. The first kappa shape index (κ1) is 20.4. The van der Waals surface area contributed by atoms with Gasteiger partial charge in [-0.25, -0.2) is 9.97 Å². The van der Waals surface area contributed by atoms with Gasteiger partial charge in [0.25, 0.3) is 0 Å². The third-order valence-electron chi connectivity index (χ3n) is 4.90. The zero-order chi connectivity index (χ0) is 21.0. The lowest BCUT2D eigenvalue weighted by Crippen LogP contribution is -2.38. The predicted molar refractivity (Wildman–Crippen MR) is 105 cm³/mol. The Morgan fingerprint density at radius 3 is 2.73 bits per heavy atom. The number of rotatable bonds is 6. The summed E-state index contributed by atoms with van der Waals surface area (Å²) in [6, 6.07) is 1.94. The van der Waals surface area contributed by atoms with Gasteiger partial charge in [0.1, 0.15) is 23.6 Å². The molecule has 0 aromatic carbocycles. The van der Waals surface area contributed by atoms with Crippen LogP contribution in [0.1, 0.15) is 6.42 Å². The highest BCUT2D eigenvalue weighted by Gasteiger charge is 2.31. The summed E-state index contributed by atoms with van der Waals surface area (Å²) in [5, 5.41) is 4.02. The Bertz CT molecular complexity index is 974. The smallest absolute Gasteiger partial charge is 0.406 e. The van der Waals surface area contributed by atoms with Gasteiger partial charge in [-0.3, -0.25) is 4.90 Å². The number of nitrogens with zero attached hydrogens (tertiary/aromatic N) is 4. The van der Waals surface area contributed by atoms with Gasteiger partial charge in [0.2, 0.25) is 0 Å². The monoisotopic (exact) mass is 421 g/mol. The fourth-order valence-corrected chi connectivity index (χ4v) is 3.41. The molecule has 0 radical (unpaired) electrons. The first-order valence-corrected chi connectivity index (χ1v) is 9.69. The number of halogens is 3. The van der Waals surface area contributed by atoms with E-state index in [2.05, 4.69) is 29.5 Å². The van der Waals surface area contributed by atoms with Gasteiger partial charge < -0.3 is 19.4 Å². The number of nitrogens with one attached hydrogen (secondary N) is 1. The lowest BCUT2D eigenvalue weighted by Gasteiger charge is -2.26. The SMILES string of the molecule is FC(F)(F)OC1=CCC=C(Nc2ncnc3c2ccn3CCN2CCOCC2)C=C1. The van der Waals surface area contributed by atoms with Crippen molar-refractivity contribution in [2.24, 2.45) is 0 Å². The van der Waals surface area contributed by atoms with Crippen LogP contribution >= 0.6 is 0 Å². The second kappa shape index (κ2) is 8.88. The van der Waals surface area contributed by atoms with Gasteiger partial charge in [-0.05, 0) is 30.7 Å². The van der Waals surface area contributed by atoms with Crippen molar-refractivity contribution in [1.29, 1.82) is 0 Å². The fraction of sp³-hybridized carbons (Fsp3) is 0.400. The molecule has 0 atom stereocenters. The molecule has 1 aliphatic carbocycles. The molecule has 0 spiro atoms. The number of alkyl halides is 3. The molecule has 0 unspecified atom stereocenters. The van der Waals surface area contributed by atoms with E-state index in [1.807, 2.05) is 12.3 Å². The molecule has 7 nitrogen and oxygen atoms in total. The molecule has 4 rings (SSSR count). The summed E-state index contributed by atoms with van der Waals surface area (Å²) < 4.78 is 48.7. The van der Waals surface area contributed by atoms with Crippen LogP contribution in [0, 0.1) is 0 Å². The third kappa shape index (κ3) is 5.19. The molecule has 3 heterocycles. The van der Waals surface area contributed by atoms with E-state index in [-0.39, 0.29) is 5.76 Å². The van der Waals surface area contributed by atoms with E-state index in [0.717, 1.165) is 50.4 Å². The van der Waals surface area contributed by atoms with Gasteiger partial charge in [-0.2, -0.15) is 0 Å². The Balaban J connectivity index is 1.44. The van der Waals surface area contributed by atoms with Crippen LogP contribution in [-0.2, 0) is 16.0 Å². The van der Waals surface area contributed by atoms with E-state index in [1.54, 1.807) is 6.08 Å². The number of aromatic nitrogens is 3. The highest BCUT2D eigenvalue weighted by molar-refractivity contribution is 5.88. The zero-order valence-electron chi connectivity index (χ0n) is 16.2. The van der Waals surface area contributed by atoms with Crippen LogP contribution < -0.4 is 5.32 Å². The Labute approximate surface area is 171 Å². The van der Waals surface area contributed by atoms with Crippen LogP contribution in [0.15, 0.2) is 54.4 Å². The normalized spacial score (nSPS) is 18.1. The average molecular weight is 421 g/mol. The number of allylic oxidation sites excluding steroid dienone is 4. The van der Waals surface area contributed by atoms with Crippen LogP contribution in [0.5, 0.6) is 0 Å². The third-order valence-corrected chi connectivity index (χ3v) is 4.90. The Morgan fingerprint density at radius 2 is 1.93 bits per heavy atom. The van der Waals surface area contributed by atoms with Crippen molar-refractivity contribution in [2.45, 2.75) is 19.3 Å². The van der Waals surface area contributed by atoms with Crippen LogP contribution in [0.25, 0.3) is 11.0 Å². The molecule has 160 valence electrons. The number of fused-ring (bicyclic) bond motifs is 1. The molecule has 30 heavy (non-hydrogen) atoms. The minimum absolute atomic E-state index is 0.238. The Kier molecular flexibility index (Phi) is 6.05. The van der Waals surface area contributed by atoms with Crippen molar-refractivity contribution in [3.63, 3.8) is 0 Å². The van der Waals surface area contributed by atoms with Gasteiger partial charge in [-0.15, -0.1) is 13.2 Å². The minimum atomic E-state index is -4.71. The molecule has 1 N–H and O–H groups in total. The molecule has 1 saturated heterocycles. The van der Waals surface area contributed by atoms with Crippen LogP contribution in [0.4, 0.5) is 19.0 Å². The number of ether oxygens (including phenoxy) is 2. The maximum Gasteiger partial charge on any atom is 0.573 e. The van der Waals surface area contributed by atoms with Crippen molar-refractivity contribution in [3.8, 4) is 0 Å². The number of anilines is 1. The van der Waals surface area contributed by atoms with E-state index < -0.39 is 6.36 Å². The molecular formula is C20H22F3N5O2. The van der Waals surface area contributed by atoms with E-state index in [1.165, 1.54) is 24.6 Å². The van der Waals surface area contributed by atoms with E-state index in [4.69, 9.17) is 4.74 Å². The van der Waals surface area contributed by atoms with Crippen LogP contribution in [0.3, 0.4) is 0 Å². The van der Waals surface area contributed by atoms with Crippen LogP contribution in [-0.4, -0.2) is 58.6 Å². The molecule has 1 aliphatic heterocycles. The molecule has 0 saturated carbocycles. The van der Waals surface area contributed by atoms with Crippen molar-refractivity contribution >= 4 is 16.9 Å². The molecule has 2 aromatic rings. The summed E-state index contributed by atoms with van der Waals surface area (Å²) in [5.74, 6) is 0.360. The van der Waals surface area contributed by atoms with Crippen LogP contribution in [0.2, 0.25) is 0 Å². The van der Waals surface area contributed by atoms with E-state index in [0.29, 0.717) is 17.9 Å². The number of morpholine rings is 1. The lowest BCUT2D eigenvalue weighted by molar-refractivity contribution is -0.303. The molecule has 10 heteroatoms. The summed E-state index contributed by atoms with van der Waals surface area (Å²) in [6.45, 7) is 5.07. The minimum Gasteiger partial charge on any atom is -0.406 e. The summed E-state index contributed by atoms with van der Waals surface area (Å²) in [5.41, 5.74) is 1.44. The molecule has 1 fully saturated rings. The average Bonchev–Trinajstić information content (AvgIpc) is 3.02. The number of hydrogen-bond acceptors (Lipinski definition) is 6. The van der Waals surface area contributed by atoms with E-state index >= 15 is 0 Å².